The third-order valence-electron chi connectivity index (χ3n) is 6.85. The standard InChI is InChI=1S/C23H27NO6/c1-12(2)20(23(28)30-11-17(25)13-5-4-6-16(10-13)29-3)24-21(26)18-14-7-8-15(9-14)19(18)22(24)27/h4-6,10,12,14-15,18-20H,7-9,11H2,1-3H3/t14-,15+,18-,19+,20-/m1/s1. The molecule has 2 aliphatic carbocycles. The Labute approximate surface area is 175 Å². The fraction of sp³-hybridized carbons (Fsp3) is 0.565. The van der Waals surface area contributed by atoms with E-state index < -0.39 is 18.6 Å². The van der Waals surface area contributed by atoms with E-state index in [1.54, 1.807) is 38.1 Å². The van der Waals surface area contributed by atoms with Gasteiger partial charge in [0, 0.05) is 5.56 Å². The number of fused-ring (bicyclic) bond motifs is 5. The minimum atomic E-state index is -1.01. The van der Waals surface area contributed by atoms with E-state index in [0.717, 1.165) is 24.2 Å². The predicted octanol–water partition coefficient (Wildman–Crippen LogP) is 2.48. The number of imide groups is 1. The van der Waals surface area contributed by atoms with Crippen LogP contribution in [0.25, 0.3) is 0 Å². The molecule has 5 atom stereocenters. The highest BCUT2D eigenvalue weighted by Crippen LogP contribution is 2.56. The van der Waals surface area contributed by atoms with Crippen LogP contribution in [0.3, 0.4) is 0 Å². The van der Waals surface area contributed by atoms with E-state index in [-0.39, 0.29) is 47.2 Å². The lowest BCUT2D eigenvalue weighted by molar-refractivity contribution is -0.160. The number of ketones is 1. The van der Waals surface area contributed by atoms with E-state index in [1.807, 2.05) is 0 Å². The van der Waals surface area contributed by atoms with Gasteiger partial charge in [-0.15, -0.1) is 0 Å². The zero-order valence-electron chi connectivity index (χ0n) is 17.5. The Bertz CT molecular complexity index is 865. The maximum Gasteiger partial charge on any atom is 0.330 e. The number of Topliss-reactive ketones (excluding diaryl/α,β-unsaturated/α-hetero) is 1. The van der Waals surface area contributed by atoms with Gasteiger partial charge in [-0.25, -0.2) is 4.79 Å². The van der Waals surface area contributed by atoms with Crippen LogP contribution >= 0.6 is 0 Å². The first-order chi connectivity index (χ1) is 14.3. The molecule has 1 aliphatic heterocycles. The second-order valence-corrected chi connectivity index (χ2v) is 8.88. The Morgan fingerprint density at radius 2 is 1.73 bits per heavy atom. The normalized spacial score (nSPS) is 28.1. The lowest BCUT2D eigenvalue weighted by atomic mass is 9.81. The van der Waals surface area contributed by atoms with Crippen molar-refractivity contribution < 1.29 is 28.7 Å². The summed E-state index contributed by atoms with van der Waals surface area (Å²) in [7, 11) is 1.50. The van der Waals surface area contributed by atoms with Gasteiger partial charge in [0.15, 0.2) is 12.4 Å². The molecule has 1 heterocycles. The number of methoxy groups -OCH3 is 1. The number of esters is 1. The van der Waals surface area contributed by atoms with Crippen LogP contribution in [0.2, 0.25) is 0 Å². The molecule has 0 spiro atoms. The molecule has 0 aromatic heterocycles. The topological polar surface area (TPSA) is 90.0 Å². The third kappa shape index (κ3) is 3.30. The highest BCUT2D eigenvalue weighted by atomic mass is 16.5. The summed E-state index contributed by atoms with van der Waals surface area (Å²) in [6.45, 7) is 3.10. The second kappa shape index (κ2) is 7.85. The van der Waals surface area contributed by atoms with Gasteiger partial charge in [0.1, 0.15) is 11.8 Å². The highest BCUT2D eigenvalue weighted by molar-refractivity contribution is 6.09. The first-order valence-corrected chi connectivity index (χ1v) is 10.5. The van der Waals surface area contributed by atoms with Gasteiger partial charge >= 0.3 is 5.97 Å². The number of benzene rings is 1. The fourth-order valence-electron chi connectivity index (χ4n) is 5.48. The molecule has 0 unspecified atom stereocenters. The van der Waals surface area contributed by atoms with E-state index in [2.05, 4.69) is 0 Å². The summed E-state index contributed by atoms with van der Waals surface area (Å²) in [6.07, 6.45) is 2.89. The van der Waals surface area contributed by atoms with Gasteiger partial charge in [-0.2, -0.15) is 0 Å². The molecular formula is C23H27NO6. The number of rotatable bonds is 7. The summed E-state index contributed by atoms with van der Waals surface area (Å²) >= 11 is 0. The Kier molecular flexibility index (Phi) is 5.38. The van der Waals surface area contributed by atoms with Gasteiger partial charge in [0.05, 0.1) is 18.9 Å². The van der Waals surface area contributed by atoms with Crippen LogP contribution in [0.5, 0.6) is 5.75 Å². The maximum absolute atomic E-state index is 13.1. The van der Waals surface area contributed by atoms with E-state index >= 15 is 0 Å². The minimum absolute atomic E-state index is 0.244. The monoisotopic (exact) mass is 413 g/mol. The molecule has 2 bridgehead atoms. The second-order valence-electron chi connectivity index (χ2n) is 8.88. The highest BCUT2D eigenvalue weighted by Gasteiger charge is 2.62. The van der Waals surface area contributed by atoms with E-state index in [1.165, 1.54) is 7.11 Å². The number of amides is 2. The third-order valence-corrected chi connectivity index (χ3v) is 6.85. The van der Waals surface area contributed by atoms with Crippen LogP contribution in [-0.2, 0) is 19.1 Å². The molecule has 30 heavy (non-hydrogen) atoms. The molecule has 7 heteroatoms. The van der Waals surface area contributed by atoms with Crippen LogP contribution in [0.4, 0.5) is 0 Å². The predicted molar refractivity (Wildman–Crippen MR) is 107 cm³/mol. The molecule has 0 radical (unpaired) electrons. The first kappa shape index (κ1) is 20.6. The summed E-state index contributed by atoms with van der Waals surface area (Å²) in [4.78, 5) is 52.6. The molecule has 4 rings (SSSR count). The molecule has 1 aromatic rings. The lowest BCUT2D eigenvalue weighted by Crippen LogP contribution is -2.50. The van der Waals surface area contributed by atoms with Crippen LogP contribution in [0, 0.1) is 29.6 Å². The van der Waals surface area contributed by atoms with E-state index in [9.17, 15) is 19.2 Å². The Morgan fingerprint density at radius 1 is 1.10 bits per heavy atom. The summed E-state index contributed by atoms with van der Waals surface area (Å²) in [6, 6.07) is 5.57. The van der Waals surface area contributed by atoms with Crippen molar-refractivity contribution in [2.75, 3.05) is 13.7 Å². The van der Waals surface area contributed by atoms with Crippen LogP contribution < -0.4 is 4.74 Å². The summed E-state index contributed by atoms with van der Waals surface area (Å²) in [5.74, 6) is -1.43. The van der Waals surface area contributed by atoms with Gasteiger partial charge in [0.2, 0.25) is 11.8 Å². The molecule has 2 saturated carbocycles. The average Bonchev–Trinajstić information content (AvgIpc) is 3.42. The van der Waals surface area contributed by atoms with Crippen LogP contribution in [-0.4, -0.2) is 48.2 Å². The van der Waals surface area contributed by atoms with Crippen molar-refractivity contribution in [2.24, 2.45) is 29.6 Å². The van der Waals surface area contributed by atoms with Crippen molar-refractivity contribution in [3.05, 3.63) is 29.8 Å². The van der Waals surface area contributed by atoms with Crippen molar-refractivity contribution in [1.82, 2.24) is 4.90 Å². The van der Waals surface area contributed by atoms with Crippen molar-refractivity contribution in [3.63, 3.8) is 0 Å². The van der Waals surface area contributed by atoms with Gasteiger partial charge in [0.25, 0.3) is 0 Å². The molecule has 3 aliphatic rings. The maximum atomic E-state index is 13.1. The van der Waals surface area contributed by atoms with Gasteiger partial charge in [-0.1, -0.05) is 26.0 Å². The SMILES string of the molecule is COc1cccc(C(=O)COC(=O)[C@@H](C(C)C)N2C(=O)[C@@H]3[C@@H]4CC[C@@H](C4)[C@@H]3C2=O)c1. The summed E-state index contributed by atoms with van der Waals surface area (Å²) in [5, 5.41) is 0. The smallest absolute Gasteiger partial charge is 0.330 e. The largest absolute Gasteiger partial charge is 0.497 e. The van der Waals surface area contributed by atoms with Crippen LogP contribution in [0.15, 0.2) is 24.3 Å². The van der Waals surface area contributed by atoms with Crippen LogP contribution in [0.1, 0.15) is 43.5 Å². The Balaban J connectivity index is 1.47. The molecule has 2 amide bonds. The van der Waals surface area contributed by atoms with Crippen molar-refractivity contribution >= 4 is 23.6 Å². The molecule has 160 valence electrons. The molecular weight excluding hydrogens is 386 g/mol. The average molecular weight is 413 g/mol. The summed E-state index contributed by atoms with van der Waals surface area (Å²) in [5.41, 5.74) is 0.364. The number of carbonyl (C=O) groups is 4. The number of ether oxygens (including phenoxy) is 2. The van der Waals surface area contributed by atoms with E-state index in [4.69, 9.17) is 9.47 Å². The number of nitrogens with zero attached hydrogens (tertiary/aromatic N) is 1. The molecule has 3 fully saturated rings. The number of hydrogen-bond donors (Lipinski definition) is 0. The number of carbonyl (C=O) groups excluding carboxylic acids is 4. The lowest BCUT2D eigenvalue weighted by Gasteiger charge is -2.28. The van der Waals surface area contributed by atoms with Crippen molar-refractivity contribution in [1.29, 1.82) is 0 Å². The summed E-state index contributed by atoms with van der Waals surface area (Å²) < 4.78 is 10.4. The Morgan fingerprint density at radius 3 is 2.30 bits per heavy atom. The number of likely N-dealkylation sites (tertiary alicyclic amines) is 1. The minimum Gasteiger partial charge on any atom is -0.497 e. The van der Waals surface area contributed by atoms with Gasteiger partial charge in [-0.05, 0) is 49.1 Å². The van der Waals surface area contributed by atoms with Gasteiger partial charge in [-0.3, -0.25) is 19.3 Å². The number of hydrogen-bond acceptors (Lipinski definition) is 6. The quantitative estimate of drug-likeness (QED) is 0.388. The molecule has 1 aromatic carbocycles. The zero-order chi connectivity index (χ0) is 21.6. The van der Waals surface area contributed by atoms with Crippen molar-refractivity contribution in [3.8, 4) is 5.75 Å². The van der Waals surface area contributed by atoms with Gasteiger partial charge < -0.3 is 9.47 Å². The zero-order valence-corrected chi connectivity index (χ0v) is 17.5. The molecule has 7 nitrogen and oxygen atoms in total. The molecule has 0 N–H and O–H groups in total. The fourth-order valence-corrected chi connectivity index (χ4v) is 5.48. The molecule has 1 saturated heterocycles. The Hall–Kier alpha value is -2.70. The van der Waals surface area contributed by atoms with E-state index in [0.29, 0.717) is 11.3 Å². The first-order valence-electron chi connectivity index (χ1n) is 10.5. The van der Waals surface area contributed by atoms with Crippen molar-refractivity contribution in [2.45, 2.75) is 39.2 Å².